The number of hydrogen-bond donors (Lipinski definition) is 2. The maximum Gasteiger partial charge on any atom is 0.0828 e. The predicted molar refractivity (Wildman–Crippen MR) is 105 cm³/mol. The average Bonchev–Trinajstić information content (AvgIpc) is 2.70. The summed E-state index contributed by atoms with van der Waals surface area (Å²) in [5.74, 6) is 0. The summed E-state index contributed by atoms with van der Waals surface area (Å²) in [6.07, 6.45) is 13.9. The molecule has 0 saturated heterocycles. The Labute approximate surface area is 153 Å². The van der Waals surface area contributed by atoms with Crippen LogP contribution in [0.3, 0.4) is 0 Å². The lowest BCUT2D eigenvalue weighted by molar-refractivity contribution is 0.0357. The summed E-state index contributed by atoms with van der Waals surface area (Å²) >= 11 is 0. The van der Waals surface area contributed by atoms with Crippen molar-refractivity contribution < 1.29 is 4.74 Å². The fourth-order valence-electron chi connectivity index (χ4n) is 4.19. The Kier molecular flexibility index (Phi) is 8.27. The average molecular weight is 345 g/mol. The van der Waals surface area contributed by atoms with Crippen LogP contribution in [0.15, 0.2) is 30.3 Å². The summed E-state index contributed by atoms with van der Waals surface area (Å²) in [4.78, 5) is 0. The zero-order valence-electron chi connectivity index (χ0n) is 15.7. The molecular weight excluding hydrogens is 308 g/mol. The third-order valence-corrected chi connectivity index (χ3v) is 5.81. The second-order valence-corrected chi connectivity index (χ2v) is 7.90. The quantitative estimate of drug-likeness (QED) is 0.696. The van der Waals surface area contributed by atoms with Crippen molar-refractivity contribution in [1.82, 2.24) is 10.6 Å². The van der Waals surface area contributed by atoms with E-state index in [0.717, 1.165) is 13.1 Å². The Morgan fingerprint density at radius 1 is 0.760 bits per heavy atom. The minimum atomic E-state index is 0.254. The lowest BCUT2D eigenvalue weighted by Gasteiger charge is -2.28. The summed E-state index contributed by atoms with van der Waals surface area (Å²) in [5, 5.41) is 7.56. The minimum absolute atomic E-state index is 0.254. The van der Waals surface area contributed by atoms with Crippen molar-refractivity contribution in [2.75, 3.05) is 13.1 Å². The van der Waals surface area contributed by atoms with E-state index >= 15 is 0 Å². The number of ether oxygens (including phenoxy) is 1. The highest BCUT2D eigenvalue weighted by atomic mass is 16.5. The van der Waals surface area contributed by atoms with Crippen molar-refractivity contribution in [2.24, 2.45) is 0 Å². The van der Waals surface area contributed by atoms with E-state index in [1.54, 1.807) is 0 Å². The molecule has 3 rings (SSSR count). The van der Waals surface area contributed by atoms with E-state index in [2.05, 4.69) is 41.0 Å². The lowest BCUT2D eigenvalue weighted by Crippen LogP contribution is -2.44. The summed E-state index contributed by atoms with van der Waals surface area (Å²) in [6, 6.07) is 12.0. The standard InChI is InChI=1S/C22H36N2O/c1-4-10-19(11-5-1)18-25-22(16-23-20-12-6-2-7-13-20)17-24-21-14-8-3-9-15-21/h1,4-5,10-11,20-24H,2-3,6-9,12-18H2. The number of nitrogens with one attached hydrogen (secondary N) is 2. The van der Waals surface area contributed by atoms with Crippen LogP contribution in [0.1, 0.15) is 69.8 Å². The first-order valence-electron chi connectivity index (χ1n) is 10.5. The number of hydrogen-bond acceptors (Lipinski definition) is 3. The zero-order chi connectivity index (χ0) is 17.2. The van der Waals surface area contributed by atoms with Gasteiger partial charge in [-0.2, -0.15) is 0 Å². The Hall–Kier alpha value is -0.900. The van der Waals surface area contributed by atoms with Gasteiger partial charge in [0.2, 0.25) is 0 Å². The van der Waals surface area contributed by atoms with Crippen LogP contribution in [-0.4, -0.2) is 31.3 Å². The van der Waals surface area contributed by atoms with Gasteiger partial charge in [-0.25, -0.2) is 0 Å². The first-order chi connectivity index (χ1) is 12.4. The van der Waals surface area contributed by atoms with Gasteiger partial charge in [0.05, 0.1) is 12.7 Å². The maximum absolute atomic E-state index is 6.29. The van der Waals surface area contributed by atoms with Crippen molar-refractivity contribution in [3.63, 3.8) is 0 Å². The third kappa shape index (κ3) is 7.08. The van der Waals surface area contributed by atoms with Gasteiger partial charge >= 0.3 is 0 Å². The Morgan fingerprint density at radius 2 is 1.28 bits per heavy atom. The van der Waals surface area contributed by atoms with Crippen molar-refractivity contribution in [3.8, 4) is 0 Å². The Balaban J connectivity index is 1.45. The molecule has 2 N–H and O–H groups in total. The molecule has 0 radical (unpaired) electrons. The van der Waals surface area contributed by atoms with Crippen LogP contribution in [0, 0.1) is 0 Å². The molecule has 0 bridgehead atoms. The molecule has 0 aromatic heterocycles. The van der Waals surface area contributed by atoms with E-state index < -0.39 is 0 Å². The monoisotopic (exact) mass is 344 g/mol. The first kappa shape index (κ1) is 18.9. The largest absolute Gasteiger partial charge is 0.371 e. The van der Waals surface area contributed by atoms with E-state index in [-0.39, 0.29) is 6.10 Å². The number of rotatable bonds is 9. The number of benzene rings is 1. The normalized spacial score (nSPS) is 20.2. The highest BCUT2D eigenvalue weighted by Crippen LogP contribution is 2.18. The molecule has 0 atom stereocenters. The fourth-order valence-corrected chi connectivity index (χ4v) is 4.19. The maximum atomic E-state index is 6.29. The molecular formula is C22H36N2O. The van der Waals surface area contributed by atoms with Crippen LogP contribution < -0.4 is 10.6 Å². The summed E-state index contributed by atoms with van der Waals surface area (Å²) in [6.45, 7) is 2.65. The molecule has 0 heterocycles. The Bertz CT molecular complexity index is 430. The first-order valence-corrected chi connectivity index (χ1v) is 10.5. The van der Waals surface area contributed by atoms with Gasteiger partial charge in [-0.15, -0.1) is 0 Å². The van der Waals surface area contributed by atoms with E-state index in [4.69, 9.17) is 4.74 Å². The molecule has 25 heavy (non-hydrogen) atoms. The summed E-state index contributed by atoms with van der Waals surface area (Å²) in [7, 11) is 0. The van der Waals surface area contributed by atoms with E-state index in [1.165, 1.54) is 69.8 Å². The van der Waals surface area contributed by atoms with Crippen molar-refractivity contribution in [2.45, 2.75) is 89.0 Å². The molecule has 1 aromatic carbocycles. The fraction of sp³-hybridized carbons (Fsp3) is 0.727. The Morgan fingerprint density at radius 3 is 1.80 bits per heavy atom. The second-order valence-electron chi connectivity index (χ2n) is 7.90. The van der Waals surface area contributed by atoms with E-state index in [1.807, 2.05) is 0 Å². The molecule has 2 aliphatic carbocycles. The van der Waals surface area contributed by atoms with Gasteiger partial charge < -0.3 is 15.4 Å². The molecule has 0 amide bonds. The van der Waals surface area contributed by atoms with Crippen molar-refractivity contribution >= 4 is 0 Å². The molecule has 2 aliphatic rings. The second kappa shape index (κ2) is 10.9. The molecule has 0 spiro atoms. The molecule has 2 fully saturated rings. The molecule has 140 valence electrons. The van der Waals surface area contributed by atoms with Crippen LogP contribution >= 0.6 is 0 Å². The lowest BCUT2D eigenvalue weighted by atomic mass is 9.95. The highest BCUT2D eigenvalue weighted by Gasteiger charge is 2.18. The SMILES string of the molecule is c1ccc(COC(CNC2CCCCC2)CNC2CCCCC2)cc1. The summed E-state index contributed by atoms with van der Waals surface area (Å²) in [5.41, 5.74) is 1.27. The van der Waals surface area contributed by atoms with E-state index in [0.29, 0.717) is 18.7 Å². The zero-order valence-corrected chi connectivity index (χ0v) is 15.7. The highest BCUT2D eigenvalue weighted by molar-refractivity contribution is 5.13. The molecule has 0 unspecified atom stereocenters. The molecule has 3 nitrogen and oxygen atoms in total. The van der Waals surface area contributed by atoms with E-state index in [9.17, 15) is 0 Å². The van der Waals surface area contributed by atoms with Gasteiger partial charge in [0.1, 0.15) is 0 Å². The molecule has 2 saturated carbocycles. The van der Waals surface area contributed by atoms with Crippen LogP contribution in [-0.2, 0) is 11.3 Å². The van der Waals surface area contributed by atoms with Gasteiger partial charge in [0.15, 0.2) is 0 Å². The van der Waals surface area contributed by atoms with Crippen LogP contribution in [0.4, 0.5) is 0 Å². The van der Waals surface area contributed by atoms with Gasteiger partial charge in [0, 0.05) is 25.2 Å². The topological polar surface area (TPSA) is 33.3 Å². The summed E-state index contributed by atoms with van der Waals surface area (Å²) < 4.78 is 6.29. The minimum Gasteiger partial charge on any atom is -0.371 e. The van der Waals surface area contributed by atoms with Crippen LogP contribution in [0.2, 0.25) is 0 Å². The molecule has 1 aromatic rings. The molecule has 0 aliphatic heterocycles. The van der Waals surface area contributed by atoms with Crippen molar-refractivity contribution in [3.05, 3.63) is 35.9 Å². The predicted octanol–water partition coefficient (Wildman–Crippen LogP) is 4.42. The smallest absolute Gasteiger partial charge is 0.0828 e. The van der Waals surface area contributed by atoms with Crippen LogP contribution in [0.5, 0.6) is 0 Å². The third-order valence-electron chi connectivity index (χ3n) is 5.81. The van der Waals surface area contributed by atoms with Gasteiger partial charge in [-0.1, -0.05) is 68.9 Å². The van der Waals surface area contributed by atoms with Crippen molar-refractivity contribution in [1.29, 1.82) is 0 Å². The van der Waals surface area contributed by atoms with Gasteiger partial charge in [-0.3, -0.25) is 0 Å². The van der Waals surface area contributed by atoms with Gasteiger partial charge in [0.25, 0.3) is 0 Å². The van der Waals surface area contributed by atoms with Crippen LogP contribution in [0.25, 0.3) is 0 Å². The van der Waals surface area contributed by atoms with Gasteiger partial charge in [-0.05, 0) is 31.2 Å². The molecule has 3 heteroatoms.